The van der Waals surface area contributed by atoms with Crippen LogP contribution in [-0.4, -0.2) is 49.2 Å². The lowest BCUT2D eigenvalue weighted by Crippen LogP contribution is -2.42. The second kappa shape index (κ2) is 8.58. The zero-order valence-electron chi connectivity index (χ0n) is 13.5. The molecule has 122 valence electrons. The van der Waals surface area contributed by atoms with Gasteiger partial charge < -0.3 is 20.3 Å². The van der Waals surface area contributed by atoms with Crippen molar-refractivity contribution in [1.82, 2.24) is 20.5 Å². The Bertz CT molecular complexity index is 481. The van der Waals surface area contributed by atoms with E-state index >= 15 is 0 Å². The Hall–Kier alpha value is -1.82. The number of carbonyl (C=O) groups excluding carboxylic acids is 1. The van der Waals surface area contributed by atoms with Gasteiger partial charge in [0.15, 0.2) is 0 Å². The van der Waals surface area contributed by atoms with Crippen LogP contribution in [0.3, 0.4) is 0 Å². The molecule has 0 aromatic carbocycles. The molecule has 0 spiro atoms. The van der Waals surface area contributed by atoms with E-state index in [2.05, 4.69) is 27.4 Å². The van der Waals surface area contributed by atoms with Crippen molar-refractivity contribution in [2.24, 2.45) is 5.92 Å². The van der Waals surface area contributed by atoms with Crippen LogP contribution in [0.2, 0.25) is 0 Å². The molecule has 0 radical (unpaired) electrons. The number of hydrogen-bond donors (Lipinski definition) is 2. The third-order valence-corrected chi connectivity index (χ3v) is 3.92. The molecule has 1 unspecified atom stereocenters. The summed E-state index contributed by atoms with van der Waals surface area (Å²) in [6.07, 6.45) is 4.25. The predicted octanol–water partition coefficient (Wildman–Crippen LogP) is 1.62. The zero-order valence-corrected chi connectivity index (χ0v) is 13.5. The van der Waals surface area contributed by atoms with Crippen LogP contribution in [0, 0.1) is 5.92 Å². The number of hydrogen-bond acceptors (Lipinski definition) is 4. The first kappa shape index (κ1) is 16.5. The summed E-state index contributed by atoms with van der Waals surface area (Å²) in [7, 11) is 1.58. The fraction of sp³-hybridized carbons (Fsp3) is 0.625. The lowest BCUT2D eigenvalue weighted by Gasteiger charge is -2.30. The number of ether oxygens (including phenoxy) is 1. The predicted molar refractivity (Wildman–Crippen MR) is 85.9 cm³/mol. The smallest absolute Gasteiger partial charge is 0.315 e. The monoisotopic (exact) mass is 306 g/mol. The molecule has 2 rings (SSSR count). The number of aromatic nitrogens is 1. The Morgan fingerprint density at radius 1 is 1.50 bits per heavy atom. The minimum Gasteiger partial charge on any atom is -0.481 e. The van der Waals surface area contributed by atoms with Crippen LogP contribution in [0.5, 0.6) is 5.88 Å². The Kier molecular flexibility index (Phi) is 6.45. The van der Waals surface area contributed by atoms with E-state index in [1.165, 1.54) is 12.8 Å². The number of urea groups is 1. The maximum absolute atomic E-state index is 11.8. The fourth-order valence-electron chi connectivity index (χ4n) is 2.73. The summed E-state index contributed by atoms with van der Waals surface area (Å²) in [5.74, 6) is 1.32. The summed E-state index contributed by atoms with van der Waals surface area (Å²) in [4.78, 5) is 18.2. The average Bonchev–Trinajstić information content (AvgIpc) is 2.53. The van der Waals surface area contributed by atoms with Crippen LogP contribution in [-0.2, 0) is 6.54 Å². The molecular weight excluding hydrogens is 280 g/mol. The molecule has 1 fully saturated rings. The van der Waals surface area contributed by atoms with Crippen molar-refractivity contribution in [3.63, 3.8) is 0 Å². The molecule has 0 aliphatic carbocycles. The van der Waals surface area contributed by atoms with E-state index < -0.39 is 0 Å². The molecule has 1 aromatic heterocycles. The van der Waals surface area contributed by atoms with Gasteiger partial charge in [-0.05, 0) is 36.9 Å². The summed E-state index contributed by atoms with van der Waals surface area (Å²) in [6, 6.07) is 3.54. The van der Waals surface area contributed by atoms with Gasteiger partial charge in [0.1, 0.15) is 0 Å². The number of methoxy groups -OCH3 is 1. The Morgan fingerprint density at radius 2 is 2.36 bits per heavy atom. The molecule has 1 aromatic rings. The SMILES string of the molecule is COc1cc(CNC(=O)NCCN2CCCC(C)C2)ccn1. The lowest BCUT2D eigenvalue weighted by molar-refractivity contribution is 0.184. The first-order valence-corrected chi connectivity index (χ1v) is 7.90. The molecule has 1 atom stereocenters. The first-order chi connectivity index (χ1) is 10.7. The normalized spacial score (nSPS) is 18.7. The fourth-order valence-corrected chi connectivity index (χ4v) is 2.73. The number of nitrogens with zero attached hydrogens (tertiary/aromatic N) is 2. The molecule has 22 heavy (non-hydrogen) atoms. The van der Waals surface area contributed by atoms with E-state index in [0.717, 1.165) is 31.1 Å². The van der Waals surface area contributed by atoms with Gasteiger partial charge in [-0.15, -0.1) is 0 Å². The maximum Gasteiger partial charge on any atom is 0.315 e. The Morgan fingerprint density at radius 3 is 3.14 bits per heavy atom. The van der Waals surface area contributed by atoms with E-state index in [-0.39, 0.29) is 6.03 Å². The van der Waals surface area contributed by atoms with Crippen LogP contribution < -0.4 is 15.4 Å². The standard InChI is InChI=1S/C16H26N4O2/c1-13-4-3-8-20(12-13)9-7-18-16(21)19-11-14-5-6-17-15(10-14)22-2/h5-6,10,13H,3-4,7-9,11-12H2,1-2H3,(H2,18,19,21). The highest BCUT2D eigenvalue weighted by atomic mass is 16.5. The quantitative estimate of drug-likeness (QED) is 0.838. The number of rotatable bonds is 6. The van der Waals surface area contributed by atoms with E-state index in [0.29, 0.717) is 19.0 Å². The largest absolute Gasteiger partial charge is 0.481 e. The second-order valence-corrected chi connectivity index (χ2v) is 5.86. The van der Waals surface area contributed by atoms with Gasteiger partial charge in [0.05, 0.1) is 7.11 Å². The Labute approximate surface area is 132 Å². The molecule has 6 heteroatoms. The third-order valence-electron chi connectivity index (χ3n) is 3.92. The van der Waals surface area contributed by atoms with Gasteiger partial charge in [0.2, 0.25) is 5.88 Å². The van der Waals surface area contributed by atoms with E-state index in [1.54, 1.807) is 13.3 Å². The molecule has 1 aliphatic heterocycles. The molecule has 6 nitrogen and oxygen atoms in total. The highest BCUT2D eigenvalue weighted by molar-refractivity contribution is 5.73. The van der Waals surface area contributed by atoms with Crippen LogP contribution >= 0.6 is 0 Å². The number of likely N-dealkylation sites (tertiary alicyclic amines) is 1. The minimum absolute atomic E-state index is 0.138. The summed E-state index contributed by atoms with van der Waals surface area (Å²) in [5.41, 5.74) is 0.965. The molecule has 1 saturated heterocycles. The van der Waals surface area contributed by atoms with Gasteiger partial charge in [-0.25, -0.2) is 9.78 Å². The van der Waals surface area contributed by atoms with Crippen LogP contribution in [0.4, 0.5) is 4.79 Å². The van der Waals surface area contributed by atoms with Crippen molar-refractivity contribution in [2.45, 2.75) is 26.3 Å². The van der Waals surface area contributed by atoms with Gasteiger partial charge in [-0.2, -0.15) is 0 Å². The minimum atomic E-state index is -0.138. The third kappa shape index (κ3) is 5.52. The van der Waals surface area contributed by atoms with Gasteiger partial charge in [-0.3, -0.25) is 0 Å². The highest BCUT2D eigenvalue weighted by Crippen LogP contribution is 2.14. The van der Waals surface area contributed by atoms with Crippen molar-refractivity contribution in [3.8, 4) is 5.88 Å². The first-order valence-electron chi connectivity index (χ1n) is 7.90. The van der Waals surface area contributed by atoms with Crippen molar-refractivity contribution in [1.29, 1.82) is 0 Å². The second-order valence-electron chi connectivity index (χ2n) is 5.86. The van der Waals surface area contributed by atoms with Crippen molar-refractivity contribution in [2.75, 3.05) is 33.3 Å². The molecule has 0 bridgehead atoms. The van der Waals surface area contributed by atoms with E-state index in [4.69, 9.17) is 4.74 Å². The van der Waals surface area contributed by atoms with Gasteiger partial charge in [-0.1, -0.05) is 6.92 Å². The molecular formula is C16H26N4O2. The summed E-state index contributed by atoms with van der Waals surface area (Å²) in [6.45, 7) is 6.63. The van der Waals surface area contributed by atoms with Crippen molar-refractivity contribution >= 4 is 6.03 Å². The number of pyridine rings is 1. The van der Waals surface area contributed by atoms with Crippen LogP contribution in [0.25, 0.3) is 0 Å². The zero-order chi connectivity index (χ0) is 15.8. The number of nitrogens with one attached hydrogen (secondary N) is 2. The van der Waals surface area contributed by atoms with Gasteiger partial charge >= 0.3 is 6.03 Å². The van der Waals surface area contributed by atoms with E-state index in [1.807, 2.05) is 12.1 Å². The molecule has 2 amide bonds. The average molecular weight is 306 g/mol. The molecule has 2 N–H and O–H groups in total. The van der Waals surface area contributed by atoms with Crippen molar-refractivity contribution in [3.05, 3.63) is 23.9 Å². The topological polar surface area (TPSA) is 66.5 Å². The summed E-state index contributed by atoms with van der Waals surface area (Å²) in [5, 5.41) is 5.75. The van der Waals surface area contributed by atoms with Crippen LogP contribution in [0.15, 0.2) is 18.3 Å². The van der Waals surface area contributed by atoms with Crippen molar-refractivity contribution < 1.29 is 9.53 Å². The number of amides is 2. The van der Waals surface area contributed by atoms with E-state index in [9.17, 15) is 4.79 Å². The van der Waals surface area contributed by atoms with Gasteiger partial charge in [0.25, 0.3) is 0 Å². The number of piperidine rings is 1. The number of carbonyl (C=O) groups is 1. The molecule has 1 aliphatic rings. The maximum atomic E-state index is 11.8. The highest BCUT2D eigenvalue weighted by Gasteiger charge is 2.15. The summed E-state index contributed by atoms with van der Waals surface area (Å²) >= 11 is 0. The molecule has 0 saturated carbocycles. The Balaban J connectivity index is 1.63. The lowest BCUT2D eigenvalue weighted by atomic mass is 10.0. The van der Waals surface area contributed by atoms with Crippen LogP contribution in [0.1, 0.15) is 25.3 Å². The summed E-state index contributed by atoms with van der Waals surface area (Å²) < 4.78 is 5.06. The van der Waals surface area contributed by atoms with Gasteiger partial charge in [0, 0.05) is 38.4 Å². The molecule has 2 heterocycles.